The molecule has 0 saturated carbocycles. The summed E-state index contributed by atoms with van der Waals surface area (Å²) in [5, 5.41) is 9.49. The van der Waals surface area contributed by atoms with E-state index in [9.17, 15) is 4.79 Å². The van der Waals surface area contributed by atoms with Gasteiger partial charge in [-0.25, -0.2) is 0 Å². The van der Waals surface area contributed by atoms with Crippen molar-refractivity contribution in [1.82, 2.24) is 10.6 Å². The fourth-order valence-electron chi connectivity index (χ4n) is 1.45. The Hall–Kier alpha value is -2.04. The van der Waals surface area contributed by atoms with E-state index in [-0.39, 0.29) is 11.4 Å². The van der Waals surface area contributed by atoms with Gasteiger partial charge in [0.25, 0.3) is 5.91 Å². The van der Waals surface area contributed by atoms with Crippen LogP contribution in [0.2, 0.25) is 0 Å². The topological polar surface area (TPSA) is 89.9 Å². The highest BCUT2D eigenvalue weighted by Crippen LogP contribution is 2.13. The van der Waals surface area contributed by atoms with Gasteiger partial charge >= 0.3 is 0 Å². The van der Waals surface area contributed by atoms with Crippen molar-refractivity contribution in [1.29, 1.82) is 0 Å². The van der Waals surface area contributed by atoms with Gasteiger partial charge < -0.3 is 10.6 Å². The van der Waals surface area contributed by atoms with E-state index < -0.39 is 0 Å². The van der Waals surface area contributed by atoms with Crippen molar-refractivity contribution in [2.75, 3.05) is 13.6 Å². The molecule has 102 valence electrons. The molecule has 0 heterocycles. The molecular weight excluding hydrogens is 242 g/mol. The second-order valence-electron chi connectivity index (χ2n) is 4.88. The summed E-state index contributed by atoms with van der Waals surface area (Å²) >= 11 is 0. The fraction of sp³-hybridized carbons (Fsp3) is 0.462. The molecule has 0 aliphatic heterocycles. The van der Waals surface area contributed by atoms with Gasteiger partial charge in [-0.3, -0.25) is 4.79 Å². The Kier molecular flexibility index (Phi) is 5.36. The predicted molar refractivity (Wildman–Crippen MR) is 75.3 cm³/mol. The Morgan fingerprint density at radius 3 is 2.53 bits per heavy atom. The molecule has 0 fully saturated rings. The zero-order valence-electron chi connectivity index (χ0n) is 11.5. The van der Waals surface area contributed by atoms with Gasteiger partial charge in [-0.15, -0.1) is 0 Å². The molecule has 0 atom stereocenters. The van der Waals surface area contributed by atoms with Gasteiger partial charge in [-0.1, -0.05) is 17.2 Å². The van der Waals surface area contributed by atoms with Crippen LogP contribution in [0.4, 0.5) is 5.69 Å². The Bertz CT molecular complexity index is 474. The van der Waals surface area contributed by atoms with Crippen LogP contribution in [0.5, 0.6) is 0 Å². The Morgan fingerprint density at radius 2 is 2.00 bits per heavy atom. The van der Waals surface area contributed by atoms with Gasteiger partial charge in [0.05, 0.1) is 0 Å². The van der Waals surface area contributed by atoms with Gasteiger partial charge in [-0.05, 0) is 45.0 Å². The highest BCUT2D eigenvalue weighted by Gasteiger charge is 2.14. The molecule has 1 aromatic carbocycles. The van der Waals surface area contributed by atoms with E-state index in [4.69, 9.17) is 5.53 Å². The molecule has 1 aromatic rings. The van der Waals surface area contributed by atoms with Crippen LogP contribution in [0.25, 0.3) is 10.4 Å². The standard InChI is InChI=1S/C13H19N5O/c1-13(2,15-3)8-9-16-12(19)10-4-6-11(7-5-10)17-18-14/h4-7,15H,8-9H2,1-3H3,(H,16,19). The van der Waals surface area contributed by atoms with Gasteiger partial charge in [0.2, 0.25) is 0 Å². The lowest BCUT2D eigenvalue weighted by molar-refractivity contribution is 0.0950. The number of nitrogens with one attached hydrogen (secondary N) is 2. The third-order valence-corrected chi connectivity index (χ3v) is 3.00. The van der Waals surface area contributed by atoms with Crippen LogP contribution in [0.1, 0.15) is 30.6 Å². The zero-order chi connectivity index (χ0) is 14.3. The van der Waals surface area contributed by atoms with Crippen LogP contribution in [0.3, 0.4) is 0 Å². The molecule has 19 heavy (non-hydrogen) atoms. The van der Waals surface area contributed by atoms with Crippen molar-refractivity contribution in [2.24, 2.45) is 5.11 Å². The van der Waals surface area contributed by atoms with Crippen molar-refractivity contribution < 1.29 is 4.79 Å². The number of rotatable bonds is 6. The number of hydrogen-bond donors (Lipinski definition) is 2. The minimum atomic E-state index is -0.126. The molecular formula is C13H19N5O. The zero-order valence-corrected chi connectivity index (χ0v) is 11.5. The summed E-state index contributed by atoms with van der Waals surface area (Å²) in [7, 11) is 1.90. The van der Waals surface area contributed by atoms with Crippen molar-refractivity contribution in [2.45, 2.75) is 25.8 Å². The van der Waals surface area contributed by atoms with Crippen molar-refractivity contribution in [3.63, 3.8) is 0 Å². The maximum atomic E-state index is 11.9. The first kappa shape index (κ1) is 15.0. The smallest absolute Gasteiger partial charge is 0.251 e. The molecule has 0 aromatic heterocycles. The molecule has 6 heteroatoms. The summed E-state index contributed by atoms with van der Waals surface area (Å²) in [6.07, 6.45) is 0.839. The van der Waals surface area contributed by atoms with Crippen LogP contribution in [0.15, 0.2) is 29.4 Å². The third-order valence-electron chi connectivity index (χ3n) is 3.00. The maximum absolute atomic E-state index is 11.9. The largest absolute Gasteiger partial charge is 0.352 e. The number of amides is 1. The van der Waals surface area contributed by atoms with Crippen molar-refractivity contribution >= 4 is 11.6 Å². The quantitative estimate of drug-likeness (QED) is 0.468. The van der Waals surface area contributed by atoms with E-state index in [0.717, 1.165) is 6.42 Å². The maximum Gasteiger partial charge on any atom is 0.251 e. The van der Waals surface area contributed by atoms with Crippen molar-refractivity contribution in [3.8, 4) is 0 Å². The highest BCUT2D eigenvalue weighted by molar-refractivity contribution is 5.94. The number of benzene rings is 1. The lowest BCUT2D eigenvalue weighted by Crippen LogP contribution is -2.40. The van der Waals surface area contributed by atoms with Crippen LogP contribution in [-0.4, -0.2) is 25.0 Å². The number of azide groups is 1. The summed E-state index contributed by atoms with van der Waals surface area (Å²) in [5.41, 5.74) is 9.34. The first-order valence-corrected chi connectivity index (χ1v) is 6.11. The SMILES string of the molecule is CNC(C)(C)CCNC(=O)c1ccc(N=[N+]=[N-])cc1. The van der Waals surface area contributed by atoms with Gasteiger partial charge in [0, 0.05) is 28.2 Å². The van der Waals surface area contributed by atoms with E-state index in [1.54, 1.807) is 24.3 Å². The fourth-order valence-corrected chi connectivity index (χ4v) is 1.45. The van der Waals surface area contributed by atoms with E-state index in [1.165, 1.54) is 0 Å². The van der Waals surface area contributed by atoms with Crippen LogP contribution in [0, 0.1) is 0 Å². The molecule has 0 spiro atoms. The van der Waals surface area contributed by atoms with Gasteiger partial charge in [-0.2, -0.15) is 0 Å². The summed E-state index contributed by atoms with van der Waals surface area (Å²) in [5.74, 6) is -0.126. The second kappa shape index (κ2) is 6.78. The lowest BCUT2D eigenvalue weighted by Gasteiger charge is -2.23. The number of carbonyl (C=O) groups is 1. The van der Waals surface area contributed by atoms with E-state index in [0.29, 0.717) is 17.8 Å². The molecule has 2 N–H and O–H groups in total. The summed E-state index contributed by atoms with van der Waals surface area (Å²) < 4.78 is 0. The van der Waals surface area contributed by atoms with Crippen LogP contribution >= 0.6 is 0 Å². The van der Waals surface area contributed by atoms with Crippen LogP contribution < -0.4 is 10.6 Å². The summed E-state index contributed by atoms with van der Waals surface area (Å²) in [6, 6.07) is 6.52. The third kappa shape index (κ3) is 4.99. The average molecular weight is 261 g/mol. The minimum Gasteiger partial charge on any atom is -0.352 e. The molecule has 0 aliphatic rings. The minimum absolute atomic E-state index is 0.00134. The number of carbonyl (C=O) groups excluding carboxylic acids is 1. The Labute approximate surface area is 112 Å². The Balaban J connectivity index is 2.52. The predicted octanol–water partition coefficient (Wildman–Crippen LogP) is 2.75. The molecule has 1 rings (SSSR count). The summed E-state index contributed by atoms with van der Waals surface area (Å²) in [6.45, 7) is 4.76. The first-order chi connectivity index (χ1) is 8.98. The lowest BCUT2D eigenvalue weighted by atomic mass is 10.0. The number of nitrogens with zero attached hydrogens (tertiary/aromatic N) is 3. The van der Waals surface area contributed by atoms with Gasteiger partial charge in [0.1, 0.15) is 0 Å². The van der Waals surface area contributed by atoms with E-state index in [2.05, 4.69) is 34.5 Å². The molecule has 0 saturated heterocycles. The van der Waals surface area contributed by atoms with Gasteiger partial charge in [0.15, 0.2) is 0 Å². The second-order valence-corrected chi connectivity index (χ2v) is 4.88. The molecule has 6 nitrogen and oxygen atoms in total. The first-order valence-electron chi connectivity index (χ1n) is 6.11. The highest BCUT2D eigenvalue weighted by atomic mass is 16.1. The molecule has 0 aliphatic carbocycles. The monoisotopic (exact) mass is 261 g/mol. The van der Waals surface area contributed by atoms with E-state index >= 15 is 0 Å². The molecule has 1 amide bonds. The molecule has 0 radical (unpaired) electrons. The van der Waals surface area contributed by atoms with E-state index in [1.807, 2.05) is 7.05 Å². The Morgan fingerprint density at radius 1 is 1.37 bits per heavy atom. The summed E-state index contributed by atoms with van der Waals surface area (Å²) in [4.78, 5) is 14.5. The van der Waals surface area contributed by atoms with Crippen molar-refractivity contribution in [3.05, 3.63) is 40.3 Å². The van der Waals surface area contributed by atoms with Crippen LogP contribution in [-0.2, 0) is 0 Å². The number of hydrogen-bond acceptors (Lipinski definition) is 3. The molecule has 0 unspecified atom stereocenters. The average Bonchev–Trinajstić information content (AvgIpc) is 2.39. The normalized spacial score (nSPS) is 10.7. The molecule has 0 bridgehead atoms.